The predicted molar refractivity (Wildman–Crippen MR) is 91.8 cm³/mol. The van der Waals surface area contributed by atoms with E-state index in [1.54, 1.807) is 6.07 Å². The zero-order valence-electron chi connectivity index (χ0n) is 14.0. The van der Waals surface area contributed by atoms with Crippen molar-refractivity contribution in [2.75, 3.05) is 0 Å². The number of esters is 1. The molecular formula is C20H24O3. The highest BCUT2D eigenvalue weighted by molar-refractivity contribution is 5.73. The number of carbonyl (C=O) groups excluding carboxylic acids is 1. The molecule has 3 heteroatoms. The average Bonchev–Trinajstić information content (AvgIpc) is 2.54. The lowest BCUT2D eigenvalue weighted by molar-refractivity contribution is -0.134. The minimum absolute atomic E-state index is 0.224. The smallest absolute Gasteiger partial charge is 0.311 e. The molecule has 122 valence electrons. The Morgan fingerprint density at radius 3 is 2.43 bits per heavy atom. The normalized spacial score (nSPS) is 10.6. The van der Waals surface area contributed by atoms with E-state index < -0.39 is 0 Å². The molecule has 0 saturated carbocycles. The number of ether oxygens (including phenoxy) is 2. The van der Waals surface area contributed by atoms with Gasteiger partial charge in [-0.1, -0.05) is 63.2 Å². The molecule has 2 aromatic rings. The van der Waals surface area contributed by atoms with Gasteiger partial charge in [-0.3, -0.25) is 4.79 Å². The third kappa shape index (κ3) is 4.85. The molecule has 2 rings (SSSR count). The van der Waals surface area contributed by atoms with Crippen LogP contribution in [0, 0.1) is 0 Å². The summed E-state index contributed by atoms with van der Waals surface area (Å²) in [6, 6.07) is 15.7. The standard InChI is InChI=1S/C20H24O3/c1-4-9-19(21)23-18-13-8-12-17(15(2)3)20(18)22-14-16-10-6-5-7-11-16/h5-8,10-13,15H,4,9,14H2,1-3H3. The number of carbonyl (C=O) groups is 1. The third-order valence-electron chi connectivity index (χ3n) is 3.54. The molecule has 0 radical (unpaired) electrons. The molecule has 0 saturated heterocycles. The molecule has 0 N–H and O–H groups in total. The summed E-state index contributed by atoms with van der Waals surface area (Å²) in [4.78, 5) is 11.8. The van der Waals surface area contributed by atoms with E-state index in [2.05, 4.69) is 13.8 Å². The largest absolute Gasteiger partial charge is 0.485 e. The fourth-order valence-corrected chi connectivity index (χ4v) is 2.33. The van der Waals surface area contributed by atoms with E-state index in [0.717, 1.165) is 17.5 Å². The van der Waals surface area contributed by atoms with Crippen LogP contribution in [0.2, 0.25) is 0 Å². The zero-order valence-corrected chi connectivity index (χ0v) is 14.0. The Morgan fingerprint density at radius 2 is 1.78 bits per heavy atom. The first kappa shape index (κ1) is 17.1. The van der Waals surface area contributed by atoms with E-state index in [1.165, 1.54) is 0 Å². The predicted octanol–water partition coefficient (Wildman–Crippen LogP) is 5.09. The van der Waals surface area contributed by atoms with Crippen LogP contribution < -0.4 is 9.47 Å². The topological polar surface area (TPSA) is 35.5 Å². The molecule has 3 nitrogen and oxygen atoms in total. The van der Waals surface area contributed by atoms with Crippen LogP contribution in [-0.4, -0.2) is 5.97 Å². The van der Waals surface area contributed by atoms with Crippen molar-refractivity contribution in [2.24, 2.45) is 0 Å². The van der Waals surface area contributed by atoms with Crippen molar-refractivity contribution in [2.45, 2.75) is 46.1 Å². The van der Waals surface area contributed by atoms with Gasteiger partial charge in [0.15, 0.2) is 11.5 Å². The first-order chi connectivity index (χ1) is 11.1. The summed E-state index contributed by atoms with van der Waals surface area (Å²) in [6.07, 6.45) is 1.17. The van der Waals surface area contributed by atoms with E-state index in [9.17, 15) is 4.79 Å². The molecular weight excluding hydrogens is 288 g/mol. The van der Waals surface area contributed by atoms with Crippen molar-refractivity contribution in [3.63, 3.8) is 0 Å². The molecule has 0 unspecified atom stereocenters. The summed E-state index contributed by atoms with van der Waals surface area (Å²) in [5.41, 5.74) is 2.12. The molecule has 0 bridgehead atoms. The molecule has 0 aromatic heterocycles. The number of para-hydroxylation sites is 1. The highest BCUT2D eigenvalue weighted by Gasteiger charge is 2.16. The van der Waals surface area contributed by atoms with Gasteiger partial charge in [-0.2, -0.15) is 0 Å². The van der Waals surface area contributed by atoms with Crippen LogP contribution in [0.3, 0.4) is 0 Å². The second-order valence-corrected chi connectivity index (χ2v) is 5.83. The SMILES string of the molecule is CCCC(=O)Oc1cccc(C(C)C)c1OCc1ccccc1. The monoisotopic (exact) mass is 312 g/mol. The van der Waals surface area contributed by atoms with Crippen LogP contribution in [-0.2, 0) is 11.4 Å². The van der Waals surface area contributed by atoms with Crippen molar-refractivity contribution in [3.05, 3.63) is 59.7 Å². The van der Waals surface area contributed by atoms with Gasteiger partial charge < -0.3 is 9.47 Å². The maximum Gasteiger partial charge on any atom is 0.311 e. The number of rotatable bonds is 7. The summed E-state index contributed by atoms with van der Waals surface area (Å²) in [5, 5.41) is 0. The van der Waals surface area contributed by atoms with Gasteiger partial charge in [0.1, 0.15) is 6.61 Å². The van der Waals surface area contributed by atoms with Gasteiger partial charge in [0.05, 0.1) is 0 Å². The molecule has 2 aromatic carbocycles. The van der Waals surface area contributed by atoms with Gasteiger partial charge in [0, 0.05) is 12.0 Å². The number of benzene rings is 2. The molecule has 0 aliphatic rings. The molecule has 0 fully saturated rings. The molecule has 0 aliphatic carbocycles. The summed E-state index contributed by atoms with van der Waals surface area (Å²) < 4.78 is 11.5. The Balaban J connectivity index is 2.24. The van der Waals surface area contributed by atoms with E-state index in [4.69, 9.17) is 9.47 Å². The molecule has 0 atom stereocenters. The second-order valence-electron chi connectivity index (χ2n) is 5.83. The summed E-state index contributed by atoms with van der Waals surface area (Å²) in [7, 11) is 0. The number of hydrogen-bond acceptors (Lipinski definition) is 3. The fourth-order valence-electron chi connectivity index (χ4n) is 2.33. The Morgan fingerprint density at radius 1 is 1.04 bits per heavy atom. The molecule has 0 heterocycles. The van der Waals surface area contributed by atoms with Gasteiger partial charge in [0.25, 0.3) is 0 Å². The van der Waals surface area contributed by atoms with Crippen LogP contribution in [0.1, 0.15) is 50.7 Å². The van der Waals surface area contributed by atoms with Gasteiger partial charge in [0.2, 0.25) is 0 Å². The van der Waals surface area contributed by atoms with Gasteiger partial charge in [-0.15, -0.1) is 0 Å². The van der Waals surface area contributed by atoms with Crippen LogP contribution in [0.25, 0.3) is 0 Å². The molecule has 0 amide bonds. The van der Waals surface area contributed by atoms with Gasteiger partial charge >= 0.3 is 5.97 Å². The van der Waals surface area contributed by atoms with Crippen LogP contribution in [0.15, 0.2) is 48.5 Å². The van der Waals surface area contributed by atoms with E-state index in [0.29, 0.717) is 24.5 Å². The van der Waals surface area contributed by atoms with E-state index in [-0.39, 0.29) is 11.9 Å². The van der Waals surface area contributed by atoms with Crippen molar-refractivity contribution in [3.8, 4) is 11.5 Å². The Bertz CT molecular complexity index is 633. The van der Waals surface area contributed by atoms with Crippen LogP contribution in [0.5, 0.6) is 11.5 Å². The lowest BCUT2D eigenvalue weighted by Crippen LogP contribution is -2.09. The Labute approximate surface area is 138 Å². The lowest BCUT2D eigenvalue weighted by atomic mass is 10.0. The Hall–Kier alpha value is -2.29. The summed E-state index contributed by atoms with van der Waals surface area (Å²) in [6.45, 7) is 6.60. The van der Waals surface area contributed by atoms with E-state index >= 15 is 0 Å². The first-order valence-corrected chi connectivity index (χ1v) is 8.12. The first-order valence-electron chi connectivity index (χ1n) is 8.12. The molecule has 0 aliphatic heterocycles. The molecule has 23 heavy (non-hydrogen) atoms. The van der Waals surface area contributed by atoms with Crippen molar-refractivity contribution < 1.29 is 14.3 Å². The highest BCUT2D eigenvalue weighted by Crippen LogP contribution is 2.36. The second kappa shape index (κ2) is 8.37. The van der Waals surface area contributed by atoms with Gasteiger partial charge in [-0.05, 0) is 24.0 Å². The quantitative estimate of drug-likeness (QED) is 0.527. The Kier molecular flexibility index (Phi) is 6.21. The van der Waals surface area contributed by atoms with Gasteiger partial charge in [-0.25, -0.2) is 0 Å². The summed E-state index contributed by atoms with van der Waals surface area (Å²) >= 11 is 0. The van der Waals surface area contributed by atoms with Crippen LogP contribution in [0.4, 0.5) is 0 Å². The zero-order chi connectivity index (χ0) is 16.7. The van der Waals surface area contributed by atoms with Crippen molar-refractivity contribution in [1.82, 2.24) is 0 Å². The highest BCUT2D eigenvalue weighted by atomic mass is 16.6. The molecule has 0 spiro atoms. The van der Waals surface area contributed by atoms with Crippen LogP contribution >= 0.6 is 0 Å². The van der Waals surface area contributed by atoms with E-state index in [1.807, 2.05) is 49.4 Å². The summed E-state index contributed by atoms with van der Waals surface area (Å²) in [5.74, 6) is 1.23. The maximum absolute atomic E-state index is 11.8. The maximum atomic E-state index is 11.8. The number of hydrogen-bond donors (Lipinski definition) is 0. The minimum Gasteiger partial charge on any atom is -0.485 e. The third-order valence-corrected chi connectivity index (χ3v) is 3.54. The van der Waals surface area contributed by atoms with Crippen molar-refractivity contribution in [1.29, 1.82) is 0 Å². The van der Waals surface area contributed by atoms with Crippen molar-refractivity contribution >= 4 is 5.97 Å². The lowest BCUT2D eigenvalue weighted by Gasteiger charge is -2.17. The average molecular weight is 312 g/mol. The fraction of sp³-hybridized carbons (Fsp3) is 0.350. The minimum atomic E-state index is -0.224.